The van der Waals surface area contributed by atoms with E-state index in [0.717, 1.165) is 50.5 Å². The molecule has 2 heterocycles. The van der Waals surface area contributed by atoms with E-state index in [1.165, 1.54) is 6.07 Å². The van der Waals surface area contributed by atoms with Gasteiger partial charge in [-0.1, -0.05) is 18.2 Å². The predicted molar refractivity (Wildman–Crippen MR) is 158 cm³/mol. The van der Waals surface area contributed by atoms with Crippen LogP contribution in [0, 0.1) is 6.92 Å². The summed E-state index contributed by atoms with van der Waals surface area (Å²) in [6, 6.07) is 15.0. The number of nitrogens with zero attached hydrogens (tertiary/aromatic N) is 3. The summed E-state index contributed by atoms with van der Waals surface area (Å²) in [5.41, 5.74) is 9.08. The number of benzene rings is 3. The Bertz CT molecular complexity index is 1690. The number of carbonyl (C=O) groups is 1. The van der Waals surface area contributed by atoms with Crippen molar-refractivity contribution in [2.45, 2.75) is 32.5 Å². The lowest BCUT2D eigenvalue weighted by Crippen LogP contribution is -2.12. The largest absolute Gasteiger partial charge is 0.496 e. The number of alkyl halides is 3. The second-order valence-corrected chi connectivity index (χ2v) is 10.3. The lowest BCUT2D eigenvalue weighted by molar-refractivity contribution is -0.137. The molecular formula is C30H28F3N5O3S. The SMILES string of the molecule is COc1cc(-c2ccc3nc(C)nc(N[C@H](C)c4cc(N)cc(C(F)(F)F)c4)c3c2)ccc1Cc1nccs1.O=CO. The predicted octanol–water partition coefficient (Wildman–Crippen LogP) is 7.14. The summed E-state index contributed by atoms with van der Waals surface area (Å²) in [6.07, 6.45) is -2.03. The average Bonchev–Trinajstić information content (AvgIpc) is 3.46. The molecule has 0 fully saturated rings. The van der Waals surface area contributed by atoms with Crippen LogP contribution in [-0.4, -0.2) is 33.6 Å². The Hall–Kier alpha value is -4.71. The number of aryl methyl sites for hydroxylation is 1. The van der Waals surface area contributed by atoms with Crippen LogP contribution in [0.3, 0.4) is 0 Å². The molecule has 8 nitrogen and oxygen atoms in total. The van der Waals surface area contributed by atoms with Gasteiger partial charge in [0.2, 0.25) is 0 Å². The molecule has 0 saturated heterocycles. The van der Waals surface area contributed by atoms with Crippen molar-refractivity contribution in [1.29, 1.82) is 0 Å². The van der Waals surface area contributed by atoms with Crippen LogP contribution in [0.5, 0.6) is 5.75 Å². The number of nitrogen functional groups attached to an aromatic ring is 1. The zero-order valence-electron chi connectivity index (χ0n) is 22.9. The molecule has 0 saturated carbocycles. The van der Waals surface area contributed by atoms with Crippen LogP contribution in [0.2, 0.25) is 0 Å². The number of anilines is 2. The van der Waals surface area contributed by atoms with E-state index in [4.69, 9.17) is 20.4 Å². The van der Waals surface area contributed by atoms with Gasteiger partial charge in [0.25, 0.3) is 6.47 Å². The number of aromatic nitrogens is 3. The highest BCUT2D eigenvalue weighted by atomic mass is 32.1. The molecule has 3 aromatic carbocycles. The second-order valence-electron chi connectivity index (χ2n) is 9.34. The number of nitrogens with two attached hydrogens (primary N) is 1. The number of nitrogens with one attached hydrogen (secondary N) is 1. The minimum atomic E-state index is -4.49. The summed E-state index contributed by atoms with van der Waals surface area (Å²) in [7, 11) is 1.64. The first-order chi connectivity index (χ1) is 20.0. The molecule has 4 N–H and O–H groups in total. The zero-order chi connectivity index (χ0) is 30.4. The van der Waals surface area contributed by atoms with Crippen molar-refractivity contribution in [3.63, 3.8) is 0 Å². The number of rotatable bonds is 7. The number of ether oxygens (including phenoxy) is 1. The maximum absolute atomic E-state index is 13.4. The topological polar surface area (TPSA) is 123 Å². The smallest absolute Gasteiger partial charge is 0.416 e. The Morgan fingerprint density at radius 3 is 2.48 bits per heavy atom. The first-order valence-corrected chi connectivity index (χ1v) is 13.6. The lowest BCUT2D eigenvalue weighted by atomic mass is 10.00. The first kappa shape index (κ1) is 30.3. The highest BCUT2D eigenvalue weighted by molar-refractivity contribution is 7.09. The Morgan fingerprint density at radius 2 is 1.81 bits per heavy atom. The molecule has 42 heavy (non-hydrogen) atoms. The molecule has 0 aliphatic carbocycles. The molecule has 0 aliphatic heterocycles. The third kappa shape index (κ3) is 7.13. The van der Waals surface area contributed by atoms with Crippen LogP contribution in [-0.2, 0) is 17.4 Å². The lowest BCUT2D eigenvalue weighted by Gasteiger charge is -2.19. The third-order valence-corrected chi connectivity index (χ3v) is 7.19. The van der Waals surface area contributed by atoms with Gasteiger partial charge in [-0.05, 0) is 66.9 Å². The molecule has 0 radical (unpaired) electrons. The number of methoxy groups -OCH3 is 1. The first-order valence-electron chi connectivity index (χ1n) is 12.7. The van der Waals surface area contributed by atoms with Crippen molar-refractivity contribution in [3.05, 3.63) is 93.7 Å². The van der Waals surface area contributed by atoms with Gasteiger partial charge in [0.1, 0.15) is 17.4 Å². The average molecular weight is 596 g/mol. The molecule has 0 amide bonds. The summed E-state index contributed by atoms with van der Waals surface area (Å²) < 4.78 is 45.8. The van der Waals surface area contributed by atoms with Crippen molar-refractivity contribution >= 4 is 40.2 Å². The van der Waals surface area contributed by atoms with Crippen molar-refractivity contribution in [3.8, 4) is 16.9 Å². The summed E-state index contributed by atoms with van der Waals surface area (Å²) in [5.74, 6) is 1.83. The molecule has 1 atom stereocenters. The number of carboxylic acid groups (broad SMARTS) is 1. The normalized spacial score (nSPS) is 11.9. The molecule has 0 aliphatic rings. The second kappa shape index (κ2) is 12.9. The van der Waals surface area contributed by atoms with Crippen molar-refractivity contribution in [2.24, 2.45) is 0 Å². The Labute approximate surface area is 244 Å². The summed E-state index contributed by atoms with van der Waals surface area (Å²) >= 11 is 1.60. The molecule has 5 aromatic rings. The summed E-state index contributed by atoms with van der Waals surface area (Å²) in [5, 5.41) is 13.9. The highest BCUT2D eigenvalue weighted by Crippen LogP contribution is 2.35. The highest BCUT2D eigenvalue weighted by Gasteiger charge is 2.31. The van der Waals surface area contributed by atoms with Gasteiger partial charge >= 0.3 is 6.18 Å². The number of thiazole rings is 1. The van der Waals surface area contributed by atoms with Gasteiger partial charge in [-0.2, -0.15) is 13.2 Å². The Kier molecular flexibility index (Phi) is 9.26. The maximum atomic E-state index is 13.4. The fraction of sp³-hybridized carbons (Fsp3) is 0.200. The van der Waals surface area contributed by atoms with Crippen LogP contribution in [0.15, 0.2) is 66.2 Å². The van der Waals surface area contributed by atoms with E-state index in [-0.39, 0.29) is 12.2 Å². The number of fused-ring (bicyclic) bond motifs is 1. The van der Waals surface area contributed by atoms with Gasteiger partial charge in [-0.25, -0.2) is 15.0 Å². The third-order valence-electron chi connectivity index (χ3n) is 6.41. The maximum Gasteiger partial charge on any atom is 0.416 e. The van der Waals surface area contributed by atoms with E-state index < -0.39 is 17.8 Å². The van der Waals surface area contributed by atoms with Crippen LogP contribution in [0.4, 0.5) is 24.7 Å². The van der Waals surface area contributed by atoms with E-state index in [1.807, 2.05) is 41.8 Å². The van der Waals surface area contributed by atoms with Crippen LogP contribution >= 0.6 is 11.3 Å². The zero-order valence-corrected chi connectivity index (χ0v) is 23.8. The van der Waals surface area contributed by atoms with Crippen LogP contribution in [0.25, 0.3) is 22.0 Å². The molecule has 0 spiro atoms. The van der Waals surface area contributed by atoms with Gasteiger partial charge in [0, 0.05) is 34.6 Å². The standard InChI is InChI=1S/C29H26F3N5OS.CH2O2/c1-16(21-10-22(29(30,31)32)15-23(33)11-21)35-28-24-12-18(6-7-25(24)36-17(2)37-28)19-4-5-20(26(13-19)38-3)14-27-34-8-9-39-27;2-1-3/h4-13,15-16H,14,33H2,1-3H3,(H,35,36,37);1H,(H,2,3)/t16-;/m1./s1. The monoisotopic (exact) mass is 595 g/mol. The van der Waals surface area contributed by atoms with Crippen LogP contribution in [0.1, 0.15) is 40.5 Å². The van der Waals surface area contributed by atoms with Gasteiger partial charge in [-0.15, -0.1) is 11.3 Å². The van der Waals surface area contributed by atoms with E-state index in [9.17, 15) is 13.2 Å². The fourth-order valence-corrected chi connectivity index (χ4v) is 5.13. The summed E-state index contributed by atoms with van der Waals surface area (Å²) in [4.78, 5) is 21.9. The molecule has 12 heteroatoms. The molecule has 0 bridgehead atoms. The molecule has 5 rings (SSSR count). The van der Waals surface area contributed by atoms with Gasteiger partial charge < -0.3 is 20.9 Å². The van der Waals surface area contributed by atoms with Crippen molar-refractivity contribution < 1.29 is 27.8 Å². The molecule has 2 aromatic heterocycles. The number of hydrogen-bond acceptors (Lipinski definition) is 8. The Balaban J connectivity index is 0.00000129. The quantitative estimate of drug-likeness (QED) is 0.134. The summed E-state index contributed by atoms with van der Waals surface area (Å²) in [6.45, 7) is 3.30. The minimum Gasteiger partial charge on any atom is -0.496 e. The number of hydrogen-bond donors (Lipinski definition) is 3. The van der Waals surface area contributed by atoms with Gasteiger partial charge in [0.05, 0.1) is 29.2 Å². The fourth-order valence-electron chi connectivity index (χ4n) is 4.49. The number of halogens is 3. The molecule has 218 valence electrons. The Morgan fingerprint density at radius 1 is 1.10 bits per heavy atom. The minimum absolute atomic E-state index is 0.0479. The van der Waals surface area contributed by atoms with E-state index in [1.54, 1.807) is 38.5 Å². The molecular weight excluding hydrogens is 567 g/mol. The molecule has 0 unspecified atom stereocenters. The van der Waals surface area contributed by atoms with E-state index >= 15 is 0 Å². The van der Waals surface area contributed by atoms with E-state index in [0.29, 0.717) is 23.6 Å². The van der Waals surface area contributed by atoms with Crippen LogP contribution < -0.4 is 15.8 Å². The van der Waals surface area contributed by atoms with Gasteiger partial charge in [0.15, 0.2) is 0 Å². The van der Waals surface area contributed by atoms with Crippen molar-refractivity contribution in [1.82, 2.24) is 15.0 Å². The van der Waals surface area contributed by atoms with Crippen molar-refractivity contribution in [2.75, 3.05) is 18.2 Å². The van der Waals surface area contributed by atoms with Gasteiger partial charge in [-0.3, -0.25) is 4.79 Å². The van der Waals surface area contributed by atoms with E-state index in [2.05, 4.69) is 20.3 Å².